The summed E-state index contributed by atoms with van der Waals surface area (Å²) in [5.41, 5.74) is 3.49. The van der Waals surface area contributed by atoms with E-state index in [2.05, 4.69) is 36.3 Å². The van der Waals surface area contributed by atoms with E-state index in [4.69, 9.17) is 14.5 Å². The Labute approximate surface area is 249 Å². The molecule has 42 heavy (non-hydrogen) atoms. The van der Waals surface area contributed by atoms with Gasteiger partial charge in [-0.05, 0) is 106 Å². The van der Waals surface area contributed by atoms with Crippen molar-refractivity contribution in [3.63, 3.8) is 0 Å². The molecular weight excluding hydrogens is 535 g/mol. The van der Waals surface area contributed by atoms with Crippen molar-refractivity contribution in [1.82, 2.24) is 14.8 Å². The predicted octanol–water partition coefficient (Wildman–Crippen LogP) is 5.20. The number of halogens is 1. The van der Waals surface area contributed by atoms with Gasteiger partial charge in [0.15, 0.2) is 11.6 Å². The number of carbonyl (C=O) groups is 1. The quantitative estimate of drug-likeness (QED) is 0.331. The highest BCUT2D eigenvalue weighted by atomic mass is 19.1. The summed E-state index contributed by atoms with van der Waals surface area (Å²) in [5, 5.41) is 13.7. The molecular formula is C33H47FN4O4. The molecule has 2 aromatic rings. The first-order valence-electron chi connectivity index (χ1n) is 15.6. The number of aryl methyl sites for hydroxylation is 2. The van der Waals surface area contributed by atoms with Gasteiger partial charge in [-0.15, -0.1) is 0 Å². The third-order valence-electron chi connectivity index (χ3n) is 9.52. The van der Waals surface area contributed by atoms with Gasteiger partial charge in [0.05, 0.1) is 13.2 Å². The minimum Gasteiger partial charge on any atom is -0.493 e. The van der Waals surface area contributed by atoms with E-state index in [1.807, 2.05) is 11.0 Å². The number of pyridine rings is 1. The van der Waals surface area contributed by atoms with E-state index in [9.17, 15) is 9.90 Å². The first kappa shape index (κ1) is 30.7. The number of aliphatic carboxylic acids is 1. The Kier molecular flexibility index (Phi) is 10.0. The number of rotatable bonds is 12. The Morgan fingerprint density at radius 1 is 1.21 bits per heavy atom. The standard InChI is InChI=1S/C33H47FN4O4/c1-33(13-17-37(2)18-14-33)24-20-27(30(41-3)28(34)21-24)29(32(39)40)38-16-12-26(22-38)42-19-6-4-5-9-25-11-10-23-8-7-15-35-31(23)36-25/h10-11,20-21,26,29H,4-9,12-19,22H2,1-3H3,(H,35,36)(H,39,40)/t26-,29-/m1/s1. The largest absolute Gasteiger partial charge is 0.493 e. The lowest BCUT2D eigenvalue weighted by Gasteiger charge is -2.39. The van der Waals surface area contributed by atoms with E-state index in [1.165, 1.54) is 19.1 Å². The maximum Gasteiger partial charge on any atom is 0.325 e. The average molecular weight is 583 g/mol. The molecule has 3 aliphatic rings. The normalized spacial score (nSPS) is 21.5. The van der Waals surface area contributed by atoms with Gasteiger partial charge in [-0.1, -0.05) is 19.4 Å². The van der Waals surface area contributed by atoms with E-state index in [1.54, 1.807) is 6.07 Å². The number of anilines is 1. The molecule has 230 valence electrons. The van der Waals surface area contributed by atoms with Gasteiger partial charge in [0.1, 0.15) is 11.9 Å². The number of aromatic nitrogens is 1. The molecule has 2 saturated heterocycles. The first-order chi connectivity index (χ1) is 20.3. The minimum atomic E-state index is -0.995. The third-order valence-corrected chi connectivity index (χ3v) is 9.52. The van der Waals surface area contributed by atoms with Crippen LogP contribution >= 0.6 is 0 Å². The lowest BCUT2D eigenvalue weighted by atomic mass is 9.74. The number of fused-ring (bicyclic) bond motifs is 1. The highest BCUT2D eigenvalue weighted by Crippen LogP contribution is 2.41. The van der Waals surface area contributed by atoms with Gasteiger partial charge in [-0.2, -0.15) is 0 Å². The van der Waals surface area contributed by atoms with Crippen molar-refractivity contribution in [2.75, 3.05) is 58.8 Å². The smallest absolute Gasteiger partial charge is 0.325 e. The molecule has 4 heterocycles. The van der Waals surface area contributed by atoms with Gasteiger partial charge in [-0.3, -0.25) is 9.69 Å². The van der Waals surface area contributed by atoms with Gasteiger partial charge in [0, 0.05) is 37.5 Å². The van der Waals surface area contributed by atoms with Crippen molar-refractivity contribution in [2.24, 2.45) is 0 Å². The van der Waals surface area contributed by atoms with Crippen molar-refractivity contribution >= 4 is 11.8 Å². The molecule has 5 rings (SSSR count). The topological polar surface area (TPSA) is 87.2 Å². The molecule has 0 saturated carbocycles. The van der Waals surface area contributed by atoms with Crippen LogP contribution in [-0.2, 0) is 27.8 Å². The molecule has 3 aliphatic heterocycles. The van der Waals surface area contributed by atoms with Crippen molar-refractivity contribution in [3.05, 3.63) is 52.5 Å². The second-order valence-electron chi connectivity index (χ2n) is 12.6. The van der Waals surface area contributed by atoms with E-state index >= 15 is 4.39 Å². The van der Waals surface area contributed by atoms with Gasteiger partial charge < -0.3 is 24.8 Å². The molecule has 1 aromatic heterocycles. The highest BCUT2D eigenvalue weighted by Gasteiger charge is 2.39. The maximum absolute atomic E-state index is 15.4. The van der Waals surface area contributed by atoms with Crippen LogP contribution in [0.3, 0.4) is 0 Å². The first-order valence-corrected chi connectivity index (χ1v) is 15.6. The van der Waals surface area contributed by atoms with Crippen LogP contribution in [0.1, 0.15) is 80.3 Å². The number of carboxylic acid groups (broad SMARTS) is 1. The summed E-state index contributed by atoms with van der Waals surface area (Å²) in [4.78, 5) is 21.6. The number of methoxy groups -OCH3 is 1. The number of likely N-dealkylation sites (tertiary alicyclic amines) is 2. The molecule has 0 amide bonds. The van der Waals surface area contributed by atoms with Gasteiger partial charge in [0.25, 0.3) is 0 Å². The van der Waals surface area contributed by atoms with Crippen LogP contribution in [0.4, 0.5) is 10.2 Å². The third kappa shape index (κ3) is 7.06. The zero-order chi connectivity index (χ0) is 29.7. The zero-order valence-corrected chi connectivity index (χ0v) is 25.5. The molecule has 0 radical (unpaired) electrons. The van der Waals surface area contributed by atoms with Crippen LogP contribution in [0.25, 0.3) is 0 Å². The number of ether oxygens (including phenoxy) is 2. The van der Waals surface area contributed by atoms with Crippen LogP contribution in [-0.4, -0.2) is 85.5 Å². The van der Waals surface area contributed by atoms with Gasteiger partial charge in [-0.25, -0.2) is 9.37 Å². The molecule has 0 unspecified atom stereocenters. The Balaban J connectivity index is 1.15. The Morgan fingerprint density at radius 2 is 2.02 bits per heavy atom. The van der Waals surface area contributed by atoms with E-state index in [0.717, 1.165) is 88.1 Å². The number of benzene rings is 1. The van der Waals surface area contributed by atoms with Gasteiger partial charge in [0.2, 0.25) is 0 Å². The number of hydrogen-bond acceptors (Lipinski definition) is 7. The fourth-order valence-electron chi connectivity index (χ4n) is 6.74. The highest BCUT2D eigenvalue weighted by molar-refractivity contribution is 5.77. The van der Waals surface area contributed by atoms with Crippen LogP contribution in [0.15, 0.2) is 24.3 Å². The summed E-state index contributed by atoms with van der Waals surface area (Å²) in [6.07, 6.45) is 8.81. The predicted molar refractivity (Wildman–Crippen MR) is 162 cm³/mol. The van der Waals surface area contributed by atoms with Crippen molar-refractivity contribution in [2.45, 2.75) is 82.3 Å². The fourth-order valence-corrected chi connectivity index (χ4v) is 6.74. The number of unbranched alkanes of at least 4 members (excludes halogenated alkanes) is 2. The molecule has 9 heteroatoms. The van der Waals surface area contributed by atoms with Crippen molar-refractivity contribution in [1.29, 1.82) is 0 Å². The van der Waals surface area contributed by atoms with Crippen molar-refractivity contribution in [3.8, 4) is 5.75 Å². The van der Waals surface area contributed by atoms with E-state index in [0.29, 0.717) is 25.3 Å². The number of piperidine rings is 1. The van der Waals surface area contributed by atoms with E-state index in [-0.39, 0.29) is 17.3 Å². The summed E-state index contributed by atoms with van der Waals surface area (Å²) in [6.45, 7) is 6.74. The molecule has 2 atom stereocenters. The summed E-state index contributed by atoms with van der Waals surface area (Å²) in [6, 6.07) is 6.79. The number of nitrogens with one attached hydrogen (secondary N) is 1. The summed E-state index contributed by atoms with van der Waals surface area (Å²) < 4.78 is 27.0. The molecule has 8 nitrogen and oxygen atoms in total. The number of nitrogens with zero attached hydrogens (tertiary/aromatic N) is 3. The van der Waals surface area contributed by atoms with Crippen LogP contribution in [0.2, 0.25) is 0 Å². The second kappa shape index (κ2) is 13.7. The molecule has 2 fully saturated rings. The fraction of sp³-hybridized carbons (Fsp3) is 0.636. The van der Waals surface area contributed by atoms with Crippen LogP contribution in [0, 0.1) is 5.82 Å². The molecule has 0 spiro atoms. The summed E-state index contributed by atoms with van der Waals surface area (Å²) in [5.74, 6) is -0.415. The molecule has 0 aliphatic carbocycles. The van der Waals surface area contributed by atoms with Gasteiger partial charge >= 0.3 is 5.97 Å². The Bertz CT molecular complexity index is 1230. The molecule has 0 bridgehead atoms. The monoisotopic (exact) mass is 582 g/mol. The van der Waals surface area contributed by atoms with Crippen LogP contribution in [0.5, 0.6) is 5.75 Å². The van der Waals surface area contributed by atoms with Crippen LogP contribution < -0.4 is 10.1 Å². The zero-order valence-electron chi connectivity index (χ0n) is 25.5. The minimum absolute atomic E-state index is 0.0243. The van der Waals surface area contributed by atoms with E-state index < -0.39 is 17.8 Å². The second-order valence-corrected chi connectivity index (χ2v) is 12.6. The summed E-state index contributed by atoms with van der Waals surface area (Å²) in [7, 11) is 3.50. The lowest BCUT2D eigenvalue weighted by Crippen LogP contribution is -2.39. The average Bonchev–Trinajstić information content (AvgIpc) is 3.44. The Morgan fingerprint density at radius 3 is 2.79 bits per heavy atom. The summed E-state index contributed by atoms with van der Waals surface area (Å²) >= 11 is 0. The maximum atomic E-state index is 15.4. The molecule has 1 aromatic carbocycles. The van der Waals surface area contributed by atoms with Crippen molar-refractivity contribution < 1.29 is 23.8 Å². The number of hydrogen-bond donors (Lipinski definition) is 2. The lowest BCUT2D eigenvalue weighted by molar-refractivity contribution is -0.143. The molecule has 2 N–H and O–H groups in total. The SMILES string of the molecule is COc1c(F)cc(C2(C)CCN(C)CC2)cc1[C@H](C(=O)O)N1CC[C@@H](OCCCCCc2ccc3c(n2)NCCC3)C1. The number of carboxylic acids is 1. The Hall–Kier alpha value is -2.75.